The summed E-state index contributed by atoms with van der Waals surface area (Å²) in [5, 5.41) is 5.15. The van der Waals surface area contributed by atoms with E-state index >= 15 is 0 Å². The molecular weight excluding hydrogens is 452 g/mol. The molecule has 0 N–H and O–H groups in total. The number of amides is 1. The molecule has 0 fully saturated rings. The number of halogens is 1. The third kappa shape index (κ3) is 4.26. The lowest BCUT2D eigenvalue weighted by molar-refractivity contribution is -0.139. The number of nitrogens with zero attached hydrogens (tertiary/aromatic N) is 4. The summed E-state index contributed by atoms with van der Waals surface area (Å²) in [6.45, 7) is 2.46. The van der Waals surface area contributed by atoms with Crippen molar-refractivity contribution < 1.29 is 14.3 Å². The van der Waals surface area contributed by atoms with Crippen LogP contribution >= 0.6 is 11.6 Å². The second-order valence-corrected chi connectivity index (χ2v) is 9.38. The minimum Gasteiger partial charge on any atom is -0.493 e. The maximum absolute atomic E-state index is 13.9. The normalized spacial score (nSPS) is 17.8. The van der Waals surface area contributed by atoms with Gasteiger partial charge in [-0.25, -0.2) is 0 Å². The molecule has 0 saturated heterocycles. The summed E-state index contributed by atoms with van der Waals surface area (Å²) in [4.78, 5) is 18.1. The molecule has 2 aliphatic rings. The van der Waals surface area contributed by atoms with Crippen LogP contribution in [0.15, 0.2) is 42.6 Å². The van der Waals surface area contributed by atoms with Crippen LogP contribution in [-0.2, 0) is 44.3 Å². The highest BCUT2D eigenvalue weighted by Gasteiger charge is 2.36. The molecule has 0 unspecified atom stereocenters. The quantitative estimate of drug-likeness (QED) is 0.558. The number of carbonyl (C=O) groups excluding carboxylic acids is 1. The van der Waals surface area contributed by atoms with Gasteiger partial charge in [-0.15, -0.1) is 0 Å². The van der Waals surface area contributed by atoms with Gasteiger partial charge in [0.1, 0.15) is 0 Å². The lowest BCUT2D eigenvalue weighted by Crippen LogP contribution is -2.52. The second kappa shape index (κ2) is 9.31. The molecule has 3 heterocycles. The number of fused-ring (bicyclic) bond motifs is 2. The Morgan fingerprint density at radius 1 is 1.06 bits per heavy atom. The van der Waals surface area contributed by atoms with E-state index in [4.69, 9.17) is 21.1 Å². The molecule has 34 heavy (non-hydrogen) atoms. The van der Waals surface area contributed by atoms with Crippen LogP contribution in [0.25, 0.3) is 0 Å². The highest BCUT2D eigenvalue weighted by molar-refractivity contribution is 6.31. The maximum Gasteiger partial charge on any atom is 0.240 e. The zero-order chi connectivity index (χ0) is 23.8. The van der Waals surface area contributed by atoms with Crippen LogP contribution < -0.4 is 9.47 Å². The molecule has 0 radical (unpaired) electrons. The van der Waals surface area contributed by atoms with Crippen molar-refractivity contribution in [3.8, 4) is 11.5 Å². The first-order valence-electron chi connectivity index (χ1n) is 11.5. The molecule has 2 aliphatic heterocycles. The van der Waals surface area contributed by atoms with Crippen molar-refractivity contribution >= 4 is 17.5 Å². The predicted molar refractivity (Wildman–Crippen MR) is 130 cm³/mol. The van der Waals surface area contributed by atoms with Crippen molar-refractivity contribution in [2.24, 2.45) is 7.05 Å². The molecule has 1 atom stereocenters. The average Bonchev–Trinajstić information content (AvgIpc) is 3.17. The highest BCUT2D eigenvalue weighted by atomic mass is 35.5. The van der Waals surface area contributed by atoms with Gasteiger partial charge in [0.15, 0.2) is 11.5 Å². The minimum absolute atomic E-state index is 0.141. The van der Waals surface area contributed by atoms with Crippen LogP contribution in [0.3, 0.4) is 0 Å². The van der Waals surface area contributed by atoms with Crippen LogP contribution in [0.4, 0.5) is 0 Å². The standard InChI is InChI=1S/C26H29ClN4O3/c1-29-15-21(27)22(28-29)16-31-13-19-7-5-4-6-17(19)10-23(31)26(32)30-9-8-18-11-24(33-2)25(34-3)12-20(18)14-30/h4-7,11-12,15,23H,8-10,13-14,16H2,1-3H3/t23-/m0/s1. The fraction of sp³-hybridized carbons (Fsp3) is 0.385. The largest absolute Gasteiger partial charge is 0.493 e. The Labute approximate surface area is 204 Å². The van der Waals surface area contributed by atoms with Gasteiger partial charge in [-0.3, -0.25) is 14.4 Å². The Balaban J connectivity index is 1.42. The molecule has 178 valence electrons. The molecule has 0 bridgehead atoms. The molecule has 7 nitrogen and oxygen atoms in total. The van der Waals surface area contributed by atoms with E-state index in [-0.39, 0.29) is 11.9 Å². The Morgan fingerprint density at radius 3 is 2.44 bits per heavy atom. The first kappa shape index (κ1) is 22.7. The van der Waals surface area contributed by atoms with E-state index in [1.54, 1.807) is 25.1 Å². The second-order valence-electron chi connectivity index (χ2n) is 8.98. The summed E-state index contributed by atoms with van der Waals surface area (Å²) < 4.78 is 12.7. The molecule has 0 saturated carbocycles. The van der Waals surface area contributed by atoms with Crippen LogP contribution in [0.1, 0.15) is 27.9 Å². The molecule has 1 aromatic heterocycles. The van der Waals surface area contributed by atoms with Gasteiger partial charge < -0.3 is 14.4 Å². The Morgan fingerprint density at radius 2 is 1.76 bits per heavy atom. The number of hydrogen-bond donors (Lipinski definition) is 0. The zero-order valence-corrected chi connectivity index (χ0v) is 20.5. The van der Waals surface area contributed by atoms with E-state index in [9.17, 15) is 4.79 Å². The van der Waals surface area contributed by atoms with Crippen molar-refractivity contribution in [3.63, 3.8) is 0 Å². The van der Waals surface area contributed by atoms with Gasteiger partial charge in [0.25, 0.3) is 0 Å². The lowest BCUT2D eigenvalue weighted by atomic mass is 9.92. The van der Waals surface area contributed by atoms with E-state index in [2.05, 4.69) is 28.2 Å². The predicted octanol–water partition coefficient (Wildman–Crippen LogP) is 3.60. The Kier molecular flexibility index (Phi) is 6.23. The number of rotatable bonds is 5. The van der Waals surface area contributed by atoms with Gasteiger partial charge in [-0.1, -0.05) is 35.9 Å². The summed E-state index contributed by atoms with van der Waals surface area (Å²) in [7, 11) is 5.14. The number of aryl methyl sites for hydroxylation is 1. The van der Waals surface area contributed by atoms with Crippen LogP contribution in [0.2, 0.25) is 5.02 Å². The number of methoxy groups -OCH3 is 2. The van der Waals surface area contributed by atoms with Crippen molar-refractivity contribution in [1.29, 1.82) is 0 Å². The molecule has 1 amide bonds. The molecular formula is C26H29ClN4O3. The van der Waals surface area contributed by atoms with E-state index in [0.717, 1.165) is 23.4 Å². The average molecular weight is 481 g/mol. The SMILES string of the molecule is COc1cc2c(cc1OC)CN(C(=O)[C@@H]1Cc3ccccc3CN1Cc1nn(C)cc1Cl)CC2. The number of ether oxygens (including phenoxy) is 2. The molecule has 8 heteroatoms. The third-order valence-corrected chi connectivity index (χ3v) is 7.18. The topological polar surface area (TPSA) is 59.8 Å². The number of aromatic nitrogens is 2. The fourth-order valence-corrected chi connectivity index (χ4v) is 5.31. The fourth-order valence-electron chi connectivity index (χ4n) is 5.07. The Bertz CT molecular complexity index is 1220. The summed E-state index contributed by atoms with van der Waals surface area (Å²) in [5.41, 5.74) is 5.58. The van der Waals surface area contributed by atoms with Crippen molar-refractivity contribution in [3.05, 3.63) is 75.6 Å². The number of hydrogen-bond acceptors (Lipinski definition) is 5. The smallest absolute Gasteiger partial charge is 0.240 e. The van der Waals surface area contributed by atoms with Crippen molar-refractivity contribution in [2.45, 2.75) is 38.5 Å². The number of carbonyl (C=O) groups is 1. The van der Waals surface area contributed by atoms with E-state index in [0.29, 0.717) is 43.4 Å². The van der Waals surface area contributed by atoms with Crippen LogP contribution in [-0.4, -0.2) is 52.3 Å². The lowest BCUT2D eigenvalue weighted by Gasteiger charge is -2.39. The summed E-state index contributed by atoms with van der Waals surface area (Å²) in [6, 6.07) is 12.1. The van der Waals surface area contributed by atoms with Crippen molar-refractivity contribution in [1.82, 2.24) is 19.6 Å². The molecule has 3 aromatic rings. The van der Waals surface area contributed by atoms with Gasteiger partial charge in [0.2, 0.25) is 5.91 Å². The summed E-state index contributed by atoms with van der Waals surface area (Å²) in [5.74, 6) is 1.55. The van der Waals surface area contributed by atoms with Gasteiger partial charge in [0.05, 0.1) is 31.0 Å². The maximum atomic E-state index is 13.9. The molecule has 5 rings (SSSR count). The zero-order valence-electron chi connectivity index (χ0n) is 19.8. The molecule has 0 aliphatic carbocycles. The van der Waals surface area contributed by atoms with E-state index < -0.39 is 0 Å². The van der Waals surface area contributed by atoms with Crippen LogP contribution in [0.5, 0.6) is 11.5 Å². The first-order chi connectivity index (χ1) is 16.5. The van der Waals surface area contributed by atoms with Crippen molar-refractivity contribution in [2.75, 3.05) is 20.8 Å². The first-order valence-corrected chi connectivity index (χ1v) is 11.9. The minimum atomic E-state index is -0.269. The summed E-state index contributed by atoms with van der Waals surface area (Å²) >= 11 is 6.42. The number of benzene rings is 2. The monoisotopic (exact) mass is 480 g/mol. The van der Waals surface area contributed by atoms with Crippen LogP contribution in [0, 0.1) is 0 Å². The van der Waals surface area contributed by atoms with E-state index in [1.165, 1.54) is 16.7 Å². The van der Waals surface area contributed by atoms with Gasteiger partial charge in [0, 0.05) is 39.4 Å². The molecule has 2 aromatic carbocycles. The third-order valence-electron chi connectivity index (χ3n) is 6.87. The summed E-state index contributed by atoms with van der Waals surface area (Å²) in [6.07, 6.45) is 3.26. The van der Waals surface area contributed by atoms with E-state index in [1.807, 2.05) is 30.1 Å². The highest BCUT2D eigenvalue weighted by Crippen LogP contribution is 2.34. The molecule has 0 spiro atoms. The van der Waals surface area contributed by atoms with Gasteiger partial charge in [-0.2, -0.15) is 5.10 Å². The van der Waals surface area contributed by atoms with Gasteiger partial charge >= 0.3 is 0 Å². The Hall–Kier alpha value is -3.03. The van der Waals surface area contributed by atoms with Gasteiger partial charge in [-0.05, 0) is 47.2 Å².